The van der Waals surface area contributed by atoms with Crippen molar-refractivity contribution in [3.63, 3.8) is 0 Å². The van der Waals surface area contributed by atoms with Gasteiger partial charge in [0.1, 0.15) is 11.6 Å². The van der Waals surface area contributed by atoms with Gasteiger partial charge in [0.05, 0.1) is 11.4 Å². The minimum atomic E-state index is -1.53. The van der Waals surface area contributed by atoms with E-state index in [0.717, 1.165) is 12.1 Å². The van der Waals surface area contributed by atoms with E-state index in [4.69, 9.17) is 0 Å². The maximum Gasteiger partial charge on any atom is 0.154 e. The second-order valence-electron chi connectivity index (χ2n) is 7.48. The summed E-state index contributed by atoms with van der Waals surface area (Å²) >= 11 is 0. The Morgan fingerprint density at radius 1 is 0.613 bits per heavy atom. The lowest BCUT2D eigenvalue weighted by Crippen LogP contribution is -2.32. The zero-order valence-electron chi connectivity index (χ0n) is 17.2. The Hall–Kier alpha value is -3.28. The maximum atomic E-state index is 15.8. The molecule has 0 saturated heterocycles. The van der Waals surface area contributed by atoms with Crippen LogP contribution in [0.2, 0.25) is 0 Å². The van der Waals surface area contributed by atoms with Crippen molar-refractivity contribution in [1.82, 2.24) is 9.13 Å². The lowest BCUT2D eigenvalue weighted by molar-refractivity contribution is 0.383. The quantitative estimate of drug-likeness (QED) is 0.296. The molecule has 0 saturated carbocycles. The summed E-state index contributed by atoms with van der Waals surface area (Å²) in [5, 5.41) is 0. The van der Waals surface area contributed by atoms with E-state index in [1.165, 1.54) is 21.3 Å². The second-order valence-corrected chi connectivity index (χ2v) is 7.48. The van der Waals surface area contributed by atoms with Crippen molar-refractivity contribution in [2.24, 2.45) is 0 Å². The van der Waals surface area contributed by atoms with Crippen molar-refractivity contribution < 1.29 is 17.6 Å². The highest BCUT2D eigenvalue weighted by molar-refractivity contribution is 5.51. The first-order chi connectivity index (χ1) is 14.9. The van der Waals surface area contributed by atoms with Crippen LogP contribution in [0.15, 0.2) is 73.3 Å². The van der Waals surface area contributed by atoms with Crippen LogP contribution in [-0.4, -0.2) is 9.13 Å². The largest absolute Gasteiger partial charge is 0.321 e. The lowest BCUT2D eigenvalue weighted by atomic mass is 9.69. The molecule has 160 valence electrons. The van der Waals surface area contributed by atoms with Crippen LogP contribution < -0.4 is 0 Å². The predicted molar refractivity (Wildman–Crippen MR) is 113 cm³/mol. The molecule has 0 aliphatic carbocycles. The van der Waals surface area contributed by atoms with Gasteiger partial charge >= 0.3 is 0 Å². The molecule has 4 aromatic rings. The Kier molecular flexibility index (Phi) is 5.48. The summed E-state index contributed by atoms with van der Waals surface area (Å²) in [6, 6.07) is 11.8. The fraction of sp³-hybridized carbons (Fsp3) is 0.200. The van der Waals surface area contributed by atoms with Gasteiger partial charge in [0.25, 0.3) is 0 Å². The fourth-order valence-electron chi connectivity index (χ4n) is 4.43. The van der Waals surface area contributed by atoms with Crippen molar-refractivity contribution in [3.8, 4) is 11.4 Å². The van der Waals surface area contributed by atoms with E-state index < -0.39 is 28.7 Å². The molecule has 0 spiro atoms. The first kappa shape index (κ1) is 21.0. The van der Waals surface area contributed by atoms with Crippen molar-refractivity contribution in [3.05, 3.63) is 108 Å². The SMILES string of the molecule is CCC(CC)(c1c(F)ccc(-n2cccc2)c1F)c1c(F)ccc(-n2cccc2)c1F. The van der Waals surface area contributed by atoms with Gasteiger partial charge in [-0.25, -0.2) is 17.6 Å². The van der Waals surface area contributed by atoms with Crippen LogP contribution in [0.4, 0.5) is 17.6 Å². The molecule has 2 aromatic carbocycles. The standard InChI is InChI=1S/C25H22F4N2/c1-3-25(4-2,21-17(26)9-11-19(23(21)28)30-13-5-6-14-30)22-18(27)10-12-20(24(22)29)31-15-7-8-16-31/h5-16H,3-4H2,1-2H3. The summed E-state index contributed by atoms with van der Waals surface area (Å²) in [6.07, 6.45) is 6.74. The molecule has 2 heterocycles. The molecular weight excluding hydrogens is 404 g/mol. The summed E-state index contributed by atoms with van der Waals surface area (Å²) in [4.78, 5) is 0. The van der Waals surface area contributed by atoms with Gasteiger partial charge in [-0.3, -0.25) is 0 Å². The van der Waals surface area contributed by atoms with Gasteiger partial charge in [0, 0.05) is 41.3 Å². The molecule has 0 fully saturated rings. The van der Waals surface area contributed by atoms with E-state index >= 15 is 17.6 Å². The highest BCUT2D eigenvalue weighted by atomic mass is 19.1. The van der Waals surface area contributed by atoms with Crippen LogP contribution in [0.25, 0.3) is 11.4 Å². The second kappa shape index (κ2) is 8.10. The van der Waals surface area contributed by atoms with E-state index in [2.05, 4.69) is 0 Å². The molecule has 0 aliphatic rings. The van der Waals surface area contributed by atoms with Crippen LogP contribution in [-0.2, 0) is 5.41 Å². The molecule has 0 N–H and O–H groups in total. The minimum absolute atomic E-state index is 0.107. The molecule has 0 atom stereocenters. The van der Waals surface area contributed by atoms with Crippen LogP contribution in [0.3, 0.4) is 0 Å². The third-order valence-corrected chi connectivity index (χ3v) is 6.07. The van der Waals surface area contributed by atoms with Gasteiger partial charge in [-0.1, -0.05) is 13.8 Å². The monoisotopic (exact) mass is 426 g/mol. The summed E-state index contributed by atoms with van der Waals surface area (Å²) < 4.78 is 64.9. The summed E-state index contributed by atoms with van der Waals surface area (Å²) in [6.45, 7) is 3.37. The van der Waals surface area contributed by atoms with E-state index in [9.17, 15) is 0 Å². The number of aromatic nitrogens is 2. The number of halogens is 4. The highest BCUT2D eigenvalue weighted by Gasteiger charge is 2.42. The van der Waals surface area contributed by atoms with Crippen molar-refractivity contribution >= 4 is 0 Å². The normalized spacial score (nSPS) is 11.8. The molecule has 0 amide bonds. The van der Waals surface area contributed by atoms with Gasteiger partial charge in [-0.15, -0.1) is 0 Å². The van der Waals surface area contributed by atoms with Crippen LogP contribution in [0.1, 0.15) is 37.8 Å². The molecule has 0 aliphatic heterocycles. The summed E-state index contributed by atoms with van der Waals surface area (Å²) in [5.41, 5.74) is -1.95. The topological polar surface area (TPSA) is 9.86 Å². The van der Waals surface area contributed by atoms with E-state index in [1.807, 2.05) is 0 Å². The number of hydrogen-bond donors (Lipinski definition) is 0. The molecule has 31 heavy (non-hydrogen) atoms. The third kappa shape index (κ3) is 3.26. The average Bonchev–Trinajstić information content (AvgIpc) is 3.47. The molecular formula is C25H22F4N2. The zero-order valence-corrected chi connectivity index (χ0v) is 17.2. The molecule has 0 bridgehead atoms. The van der Waals surface area contributed by atoms with Gasteiger partial charge < -0.3 is 9.13 Å². The van der Waals surface area contributed by atoms with Crippen LogP contribution in [0, 0.1) is 23.3 Å². The minimum Gasteiger partial charge on any atom is -0.321 e. The Morgan fingerprint density at radius 3 is 1.29 bits per heavy atom. The van der Waals surface area contributed by atoms with Gasteiger partial charge in [-0.2, -0.15) is 0 Å². The number of rotatable bonds is 6. The maximum absolute atomic E-state index is 15.8. The lowest BCUT2D eigenvalue weighted by Gasteiger charge is -2.35. The fourth-order valence-corrected chi connectivity index (χ4v) is 4.43. The number of benzene rings is 2. The van der Waals surface area contributed by atoms with Crippen molar-refractivity contribution in [1.29, 1.82) is 0 Å². The average molecular weight is 426 g/mol. The van der Waals surface area contributed by atoms with Gasteiger partial charge in [0.15, 0.2) is 11.6 Å². The Morgan fingerprint density at radius 2 is 0.968 bits per heavy atom. The van der Waals surface area contributed by atoms with E-state index in [0.29, 0.717) is 0 Å². The van der Waals surface area contributed by atoms with Crippen LogP contribution >= 0.6 is 0 Å². The first-order valence-corrected chi connectivity index (χ1v) is 10.2. The van der Waals surface area contributed by atoms with Crippen molar-refractivity contribution in [2.75, 3.05) is 0 Å². The predicted octanol–water partition coefficient (Wildman–Crippen LogP) is 6.93. The van der Waals surface area contributed by atoms with Crippen molar-refractivity contribution in [2.45, 2.75) is 32.1 Å². The molecule has 0 unspecified atom stereocenters. The van der Waals surface area contributed by atoms with E-state index in [-0.39, 0.29) is 35.3 Å². The molecule has 2 nitrogen and oxygen atoms in total. The Bertz CT molecular complexity index is 1100. The highest BCUT2D eigenvalue weighted by Crippen LogP contribution is 2.45. The Labute approximate surface area is 178 Å². The smallest absolute Gasteiger partial charge is 0.154 e. The van der Waals surface area contributed by atoms with Gasteiger partial charge in [-0.05, 0) is 61.4 Å². The molecule has 0 radical (unpaired) electrons. The molecule has 2 aromatic heterocycles. The third-order valence-electron chi connectivity index (χ3n) is 6.07. The molecule has 6 heteroatoms. The summed E-state index contributed by atoms with van der Waals surface area (Å²) in [7, 11) is 0. The van der Waals surface area contributed by atoms with E-state index in [1.54, 1.807) is 62.9 Å². The Balaban J connectivity index is 2.03. The summed E-state index contributed by atoms with van der Waals surface area (Å²) in [5.74, 6) is -3.32. The van der Waals surface area contributed by atoms with Crippen LogP contribution in [0.5, 0.6) is 0 Å². The zero-order chi connectivity index (χ0) is 22.2. The first-order valence-electron chi connectivity index (χ1n) is 10.2. The van der Waals surface area contributed by atoms with Gasteiger partial charge in [0.2, 0.25) is 0 Å². The molecule has 4 rings (SSSR count). The number of hydrogen-bond acceptors (Lipinski definition) is 0. The number of nitrogens with zero attached hydrogens (tertiary/aromatic N) is 2.